The van der Waals surface area contributed by atoms with E-state index in [9.17, 15) is 9.59 Å². The van der Waals surface area contributed by atoms with E-state index in [1.54, 1.807) is 21.4 Å². The van der Waals surface area contributed by atoms with Gasteiger partial charge in [0.05, 0.1) is 0 Å². The van der Waals surface area contributed by atoms with Crippen LogP contribution in [0.25, 0.3) is 11.3 Å². The Hall–Kier alpha value is -2.96. The molecule has 0 spiro atoms. The van der Waals surface area contributed by atoms with Crippen LogP contribution >= 0.6 is 0 Å². The minimum absolute atomic E-state index is 0.0211. The summed E-state index contributed by atoms with van der Waals surface area (Å²) >= 11 is 0. The van der Waals surface area contributed by atoms with Crippen molar-refractivity contribution in [2.24, 2.45) is 0 Å². The molecule has 1 fully saturated rings. The fourth-order valence-electron chi connectivity index (χ4n) is 3.15. The highest BCUT2D eigenvalue weighted by atomic mass is 16.1. The molecule has 4 rings (SSSR count). The van der Waals surface area contributed by atoms with E-state index in [2.05, 4.69) is 21.6 Å². The Morgan fingerprint density at radius 3 is 2.58 bits per heavy atom. The van der Waals surface area contributed by atoms with Crippen molar-refractivity contribution < 1.29 is 4.79 Å². The van der Waals surface area contributed by atoms with Gasteiger partial charge in [0, 0.05) is 37.0 Å². The molecule has 0 atom stereocenters. The molecule has 7 nitrogen and oxygen atoms in total. The van der Waals surface area contributed by atoms with Gasteiger partial charge in [-0.05, 0) is 49.9 Å². The maximum atomic E-state index is 12.8. The summed E-state index contributed by atoms with van der Waals surface area (Å²) in [4.78, 5) is 24.7. The number of aryl methyl sites for hydroxylation is 3. The van der Waals surface area contributed by atoms with Gasteiger partial charge in [-0.25, -0.2) is 0 Å². The predicted octanol–water partition coefficient (Wildman–Crippen LogP) is 1.71. The van der Waals surface area contributed by atoms with Crippen molar-refractivity contribution in [3.63, 3.8) is 0 Å². The number of amides is 1. The van der Waals surface area contributed by atoms with Crippen LogP contribution in [0.3, 0.4) is 0 Å². The van der Waals surface area contributed by atoms with E-state index in [-0.39, 0.29) is 17.1 Å². The van der Waals surface area contributed by atoms with E-state index in [0.717, 1.165) is 29.7 Å². The zero-order valence-corrected chi connectivity index (χ0v) is 14.9. The molecule has 1 N–H and O–H groups in total. The molecule has 0 saturated heterocycles. The average Bonchev–Trinajstić information content (AvgIpc) is 3.29. The Bertz CT molecular complexity index is 1030. The van der Waals surface area contributed by atoms with Crippen molar-refractivity contribution >= 4 is 11.6 Å². The van der Waals surface area contributed by atoms with Crippen LogP contribution in [-0.4, -0.2) is 31.1 Å². The van der Waals surface area contributed by atoms with Crippen molar-refractivity contribution in [1.82, 2.24) is 24.5 Å². The van der Waals surface area contributed by atoms with Crippen LogP contribution in [0.5, 0.6) is 0 Å². The number of carbonyl (C=O) groups is 1. The molecule has 7 heteroatoms. The zero-order valence-electron chi connectivity index (χ0n) is 14.9. The maximum Gasteiger partial charge on any atom is 0.300 e. The predicted molar refractivity (Wildman–Crippen MR) is 97.5 cm³/mol. The first-order valence-corrected chi connectivity index (χ1v) is 8.84. The summed E-state index contributed by atoms with van der Waals surface area (Å²) in [5.41, 5.74) is 3.04. The lowest BCUT2D eigenvalue weighted by molar-refractivity contribution is -0.121. The third-order valence-corrected chi connectivity index (χ3v) is 4.54. The number of nitrogens with zero attached hydrogens (tertiary/aromatic N) is 4. The van der Waals surface area contributed by atoms with Crippen LogP contribution in [0, 0.1) is 13.8 Å². The van der Waals surface area contributed by atoms with Gasteiger partial charge in [-0.2, -0.15) is 0 Å². The molecule has 1 aromatic carbocycles. The fourth-order valence-corrected chi connectivity index (χ4v) is 3.15. The van der Waals surface area contributed by atoms with Gasteiger partial charge in [0.1, 0.15) is 5.82 Å². The zero-order chi connectivity index (χ0) is 18.3. The lowest BCUT2D eigenvalue weighted by atomic mass is 10.1. The molecule has 26 heavy (non-hydrogen) atoms. The van der Waals surface area contributed by atoms with E-state index >= 15 is 0 Å². The lowest BCUT2D eigenvalue weighted by Crippen LogP contribution is -2.25. The topological polar surface area (TPSA) is 81.3 Å². The van der Waals surface area contributed by atoms with E-state index < -0.39 is 0 Å². The standard InChI is InChI=1S/C19H21N5O2/c1-12-9-13(2)11-15(10-12)23-7-8-24-16(21-22-18(24)19(23)26)5-6-17(25)20-14-3-4-14/h7-11,14H,3-6H2,1-2H3,(H,20,25). The number of carbonyl (C=O) groups excluding carboxylic acids is 1. The molecule has 134 valence electrons. The van der Waals surface area contributed by atoms with E-state index in [0.29, 0.717) is 24.7 Å². The summed E-state index contributed by atoms with van der Waals surface area (Å²) < 4.78 is 3.25. The molecule has 0 radical (unpaired) electrons. The molecule has 2 heterocycles. The summed E-state index contributed by atoms with van der Waals surface area (Å²) in [5.74, 6) is 0.642. The molecule has 0 bridgehead atoms. The number of rotatable bonds is 5. The second kappa shape index (κ2) is 6.40. The molecule has 1 aliphatic carbocycles. The van der Waals surface area contributed by atoms with Gasteiger partial charge >= 0.3 is 5.56 Å². The first-order chi connectivity index (χ1) is 12.5. The third-order valence-electron chi connectivity index (χ3n) is 4.54. The van der Waals surface area contributed by atoms with Crippen molar-refractivity contribution in [3.8, 4) is 5.69 Å². The number of hydrogen-bond donors (Lipinski definition) is 1. The molecule has 0 aliphatic heterocycles. The van der Waals surface area contributed by atoms with Crippen molar-refractivity contribution in [1.29, 1.82) is 0 Å². The lowest BCUT2D eigenvalue weighted by Gasteiger charge is -2.09. The van der Waals surface area contributed by atoms with Crippen LogP contribution in [0.4, 0.5) is 0 Å². The minimum atomic E-state index is -0.223. The molecule has 1 saturated carbocycles. The molecule has 0 unspecified atom stereocenters. The first kappa shape index (κ1) is 16.5. The van der Waals surface area contributed by atoms with Gasteiger partial charge in [-0.3, -0.25) is 18.6 Å². The maximum absolute atomic E-state index is 12.8. The average molecular weight is 351 g/mol. The summed E-state index contributed by atoms with van der Waals surface area (Å²) in [6.07, 6.45) is 6.43. The van der Waals surface area contributed by atoms with Gasteiger partial charge in [-0.1, -0.05) is 6.07 Å². The molecular weight excluding hydrogens is 330 g/mol. The van der Waals surface area contributed by atoms with Gasteiger partial charge in [0.2, 0.25) is 11.6 Å². The fraction of sp³-hybridized carbons (Fsp3) is 0.368. The monoisotopic (exact) mass is 351 g/mol. The quantitative estimate of drug-likeness (QED) is 0.759. The molecule has 1 aliphatic rings. The van der Waals surface area contributed by atoms with Gasteiger partial charge in [0.25, 0.3) is 0 Å². The van der Waals surface area contributed by atoms with Crippen LogP contribution in [-0.2, 0) is 11.2 Å². The Kier molecular flexibility index (Phi) is 4.06. The van der Waals surface area contributed by atoms with Crippen LogP contribution in [0.2, 0.25) is 0 Å². The second-order valence-electron chi connectivity index (χ2n) is 6.97. The summed E-state index contributed by atoms with van der Waals surface area (Å²) in [6, 6.07) is 6.34. The van der Waals surface area contributed by atoms with Gasteiger partial charge in [-0.15, -0.1) is 10.2 Å². The van der Waals surface area contributed by atoms with Crippen molar-refractivity contribution in [3.05, 3.63) is 57.9 Å². The first-order valence-electron chi connectivity index (χ1n) is 8.84. The molecule has 3 aromatic rings. The highest BCUT2D eigenvalue weighted by Gasteiger charge is 2.23. The Labute approximate surface area is 150 Å². The van der Waals surface area contributed by atoms with Gasteiger partial charge in [0.15, 0.2) is 0 Å². The number of benzene rings is 1. The molecular formula is C19H21N5O2. The largest absolute Gasteiger partial charge is 0.353 e. The van der Waals surface area contributed by atoms with E-state index in [1.165, 1.54) is 0 Å². The number of fused-ring (bicyclic) bond motifs is 1. The van der Waals surface area contributed by atoms with Gasteiger partial charge < -0.3 is 5.32 Å². The SMILES string of the molecule is Cc1cc(C)cc(-n2ccn3c(CCC(=O)NC4CC4)nnc3c2=O)c1. The normalized spacial score (nSPS) is 13.9. The Morgan fingerprint density at radius 1 is 1.15 bits per heavy atom. The Balaban J connectivity index is 1.62. The third kappa shape index (κ3) is 3.24. The summed E-state index contributed by atoms with van der Waals surface area (Å²) in [7, 11) is 0. The van der Waals surface area contributed by atoms with E-state index in [1.807, 2.05) is 26.0 Å². The van der Waals surface area contributed by atoms with Crippen molar-refractivity contribution in [2.75, 3.05) is 0 Å². The highest BCUT2D eigenvalue weighted by Crippen LogP contribution is 2.18. The number of aromatic nitrogens is 4. The van der Waals surface area contributed by atoms with E-state index in [4.69, 9.17) is 0 Å². The molecule has 1 amide bonds. The van der Waals surface area contributed by atoms with Crippen LogP contribution in [0.1, 0.15) is 36.2 Å². The summed E-state index contributed by atoms with van der Waals surface area (Å²) in [6.45, 7) is 4.00. The van der Waals surface area contributed by atoms with Crippen molar-refractivity contribution in [2.45, 2.75) is 45.6 Å². The number of nitrogens with one attached hydrogen (secondary N) is 1. The molecule has 2 aromatic heterocycles. The number of hydrogen-bond acceptors (Lipinski definition) is 4. The second-order valence-corrected chi connectivity index (χ2v) is 6.97. The highest BCUT2D eigenvalue weighted by molar-refractivity contribution is 5.76. The Morgan fingerprint density at radius 2 is 1.88 bits per heavy atom. The van der Waals surface area contributed by atoms with Crippen LogP contribution < -0.4 is 10.9 Å². The minimum Gasteiger partial charge on any atom is -0.353 e. The smallest absolute Gasteiger partial charge is 0.300 e. The summed E-state index contributed by atoms with van der Waals surface area (Å²) in [5, 5.41) is 11.1. The van der Waals surface area contributed by atoms with Crippen LogP contribution in [0.15, 0.2) is 35.4 Å².